The zero-order valence-electron chi connectivity index (χ0n) is 19.0. The van der Waals surface area contributed by atoms with Crippen LogP contribution in [0, 0.1) is 18.8 Å². The average Bonchev–Trinajstić information content (AvgIpc) is 2.68. The molecule has 1 aromatic rings. The molecule has 31 heavy (non-hydrogen) atoms. The lowest BCUT2D eigenvalue weighted by Crippen LogP contribution is -2.58. The summed E-state index contributed by atoms with van der Waals surface area (Å²) in [6, 6.07) is 6.11. The Bertz CT molecular complexity index is 1000. The maximum absolute atomic E-state index is 12.5. The van der Waals surface area contributed by atoms with Crippen LogP contribution in [0.4, 0.5) is 0 Å². The van der Waals surface area contributed by atoms with Crippen molar-refractivity contribution in [3.8, 4) is 11.8 Å². The highest BCUT2D eigenvalue weighted by Crippen LogP contribution is 2.28. The van der Waals surface area contributed by atoms with E-state index in [0.29, 0.717) is 25.9 Å². The third-order valence-electron chi connectivity index (χ3n) is 5.25. The molecule has 2 rings (SSSR count). The number of amides is 1. The number of hydrogen-bond acceptors (Lipinski definition) is 6. The summed E-state index contributed by atoms with van der Waals surface area (Å²) in [6.07, 6.45) is 3.13. The Hall–Kier alpha value is -2.18. The van der Waals surface area contributed by atoms with E-state index in [-0.39, 0.29) is 13.0 Å². The zero-order valence-corrected chi connectivity index (χ0v) is 19.8. The summed E-state index contributed by atoms with van der Waals surface area (Å²) >= 11 is 0. The smallest absolute Gasteiger partial charge is 0.279 e. The van der Waals surface area contributed by atoms with Gasteiger partial charge in [-0.05, 0) is 63.6 Å². The Morgan fingerprint density at radius 1 is 1.35 bits per heavy atom. The molecule has 1 aliphatic rings. The molecule has 1 aromatic carbocycles. The predicted octanol–water partition coefficient (Wildman–Crippen LogP) is 1.91. The minimum Gasteiger partial charge on any atom is -0.361 e. The molecule has 0 aliphatic carbocycles. The van der Waals surface area contributed by atoms with E-state index in [4.69, 9.17) is 0 Å². The van der Waals surface area contributed by atoms with Gasteiger partial charge >= 0.3 is 0 Å². The van der Waals surface area contributed by atoms with Crippen LogP contribution in [0.15, 0.2) is 24.3 Å². The summed E-state index contributed by atoms with van der Waals surface area (Å²) in [4.78, 5) is 15.2. The van der Waals surface area contributed by atoms with Gasteiger partial charge < -0.3 is 5.11 Å². The van der Waals surface area contributed by atoms with E-state index in [2.05, 4.69) is 17.9 Å². The molecule has 0 fully saturated rings. The highest BCUT2D eigenvalue weighted by molar-refractivity contribution is 7.91. The Labute approximate surface area is 186 Å². The quantitative estimate of drug-likeness (QED) is 0.621. The van der Waals surface area contributed by atoms with Crippen LogP contribution in [0.25, 0.3) is 5.57 Å². The van der Waals surface area contributed by atoms with Gasteiger partial charge in [-0.2, -0.15) is 0 Å². The largest absolute Gasteiger partial charge is 0.361 e. The maximum Gasteiger partial charge on any atom is 0.279 e. The number of nitrogens with zero attached hydrogens (tertiary/aromatic N) is 2. The number of sulfonamides is 1. The maximum atomic E-state index is 12.5. The molecule has 1 aliphatic heterocycles. The van der Waals surface area contributed by atoms with Gasteiger partial charge in [-0.1, -0.05) is 37.0 Å². The molecule has 1 heterocycles. The topological polar surface area (TPSA) is 89.9 Å². The molecule has 0 saturated heterocycles. The van der Waals surface area contributed by atoms with Crippen molar-refractivity contribution in [3.05, 3.63) is 41.0 Å². The molecule has 7 nitrogen and oxygen atoms in total. The molecule has 1 unspecified atom stereocenters. The van der Waals surface area contributed by atoms with Crippen LogP contribution in [0.5, 0.6) is 0 Å². The standard InChI is InChI=1S/C23H33N3O4S/c1-6-8-22(27)24-31(29,30)23(3,28)26-15-12-20(13-16-26)21-11-10-19(18(2)17-21)9-7-14-25(4)5/h10-12,17,28H,6,8,13-16H2,1-5H3,(H,24,27). The number of aryl methyl sites for hydroxylation is 1. The lowest BCUT2D eigenvalue weighted by molar-refractivity contribution is -0.119. The van der Waals surface area contributed by atoms with Crippen LogP contribution in [0.3, 0.4) is 0 Å². The average molecular weight is 448 g/mol. The van der Waals surface area contributed by atoms with Crippen molar-refractivity contribution >= 4 is 21.5 Å². The Morgan fingerprint density at radius 3 is 2.61 bits per heavy atom. The Balaban J connectivity index is 2.13. The van der Waals surface area contributed by atoms with Crippen LogP contribution in [-0.2, 0) is 14.8 Å². The van der Waals surface area contributed by atoms with Crippen molar-refractivity contribution in [2.75, 3.05) is 33.7 Å². The van der Waals surface area contributed by atoms with Gasteiger partial charge in [0.2, 0.25) is 11.0 Å². The molecular weight excluding hydrogens is 414 g/mol. The van der Waals surface area contributed by atoms with Gasteiger partial charge in [0, 0.05) is 25.1 Å². The lowest BCUT2D eigenvalue weighted by atomic mass is 9.96. The van der Waals surface area contributed by atoms with Gasteiger partial charge in [0.05, 0.1) is 6.54 Å². The number of nitrogens with one attached hydrogen (secondary N) is 1. The normalized spacial score (nSPS) is 16.8. The van der Waals surface area contributed by atoms with Crippen LogP contribution in [0.2, 0.25) is 0 Å². The fourth-order valence-corrected chi connectivity index (χ4v) is 4.40. The van der Waals surface area contributed by atoms with Crippen LogP contribution < -0.4 is 4.72 Å². The van der Waals surface area contributed by atoms with E-state index in [1.165, 1.54) is 11.8 Å². The first-order chi connectivity index (χ1) is 14.5. The van der Waals surface area contributed by atoms with E-state index >= 15 is 0 Å². The van der Waals surface area contributed by atoms with Crippen LogP contribution in [0.1, 0.15) is 49.8 Å². The minimum atomic E-state index is -4.26. The molecule has 1 amide bonds. The van der Waals surface area contributed by atoms with Crippen LogP contribution in [-0.4, -0.2) is 68.0 Å². The van der Waals surface area contributed by atoms with E-state index in [0.717, 1.165) is 22.3 Å². The number of aliphatic hydroxyl groups is 1. The van der Waals surface area contributed by atoms with Crippen molar-refractivity contribution in [1.82, 2.24) is 14.5 Å². The summed E-state index contributed by atoms with van der Waals surface area (Å²) in [6.45, 7) is 6.32. The number of benzene rings is 1. The molecule has 1 atom stereocenters. The Morgan fingerprint density at radius 2 is 2.06 bits per heavy atom. The van der Waals surface area contributed by atoms with E-state index in [9.17, 15) is 18.3 Å². The highest BCUT2D eigenvalue weighted by Gasteiger charge is 2.44. The first-order valence-corrected chi connectivity index (χ1v) is 11.9. The fourth-order valence-electron chi connectivity index (χ4n) is 3.30. The molecule has 0 aromatic heterocycles. The fraction of sp³-hybridized carbons (Fsp3) is 0.522. The molecule has 170 valence electrons. The molecule has 0 spiro atoms. The zero-order chi connectivity index (χ0) is 23.2. The van der Waals surface area contributed by atoms with Crippen LogP contribution >= 0.6 is 0 Å². The number of hydrogen-bond donors (Lipinski definition) is 2. The van der Waals surface area contributed by atoms with E-state index in [1.807, 2.05) is 48.8 Å². The van der Waals surface area contributed by atoms with Gasteiger partial charge in [-0.15, -0.1) is 0 Å². The Kier molecular flexibility index (Phi) is 8.43. The van der Waals surface area contributed by atoms with E-state index in [1.54, 1.807) is 6.92 Å². The summed E-state index contributed by atoms with van der Waals surface area (Å²) in [5, 5.41) is 8.54. The number of carbonyl (C=O) groups is 1. The highest BCUT2D eigenvalue weighted by atomic mass is 32.2. The molecule has 0 saturated carbocycles. The van der Waals surface area contributed by atoms with Gasteiger partial charge in [-0.25, -0.2) is 13.1 Å². The second-order valence-electron chi connectivity index (χ2n) is 8.21. The first-order valence-electron chi connectivity index (χ1n) is 10.4. The summed E-state index contributed by atoms with van der Waals surface area (Å²) in [5.74, 6) is 5.72. The van der Waals surface area contributed by atoms with Crippen molar-refractivity contribution in [1.29, 1.82) is 0 Å². The number of rotatable bonds is 7. The van der Waals surface area contributed by atoms with Gasteiger partial charge in [-0.3, -0.25) is 14.6 Å². The SMILES string of the molecule is CCCC(=O)NS(=O)(=O)C(C)(O)N1CC=C(c2ccc(C#CCN(C)C)c(C)c2)CC1. The second kappa shape index (κ2) is 10.4. The molecular formula is C23H33N3O4S. The van der Waals surface area contributed by atoms with Crippen molar-refractivity contribution < 1.29 is 18.3 Å². The number of carbonyl (C=O) groups excluding carboxylic acids is 1. The minimum absolute atomic E-state index is 0.0915. The molecule has 0 radical (unpaired) electrons. The third kappa shape index (κ3) is 6.40. The van der Waals surface area contributed by atoms with Gasteiger partial charge in [0.15, 0.2) is 0 Å². The van der Waals surface area contributed by atoms with E-state index < -0.39 is 21.0 Å². The molecule has 0 bridgehead atoms. The van der Waals surface area contributed by atoms with Crippen molar-refractivity contribution in [2.24, 2.45) is 0 Å². The molecule has 2 N–H and O–H groups in total. The third-order valence-corrected chi connectivity index (χ3v) is 7.02. The van der Waals surface area contributed by atoms with Crippen molar-refractivity contribution in [2.45, 2.75) is 45.1 Å². The second-order valence-corrected chi connectivity index (χ2v) is 10.2. The van der Waals surface area contributed by atoms with Gasteiger partial charge in [0.1, 0.15) is 0 Å². The first kappa shape index (κ1) is 25.1. The summed E-state index contributed by atoms with van der Waals surface area (Å²) < 4.78 is 27.1. The molecule has 8 heteroatoms. The summed E-state index contributed by atoms with van der Waals surface area (Å²) in [5.41, 5.74) is 4.23. The monoisotopic (exact) mass is 447 g/mol. The van der Waals surface area contributed by atoms with Gasteiger partial charge in [0.25, 0.3) is 10.0 Å². The lowest BCUT2D eigenvalue weighted by Gasteiger charge is -2.37. The summed E-state index contributed by atoms with van der Waals surface area (Å²) in [7, 11) is -0.302. The van der Waals surface area contributed by atoms with Crippen molar-refractivity contribution in [3.63, 3.8) is 0 Å². The predicted molar refractivity (Wildman–Crippen MR) is 123 cm³/mol.